The Morgan fingerprint density at radius 2 is 1.10 bits per heavy atom. The zero-order valence-corrected chi connectivity index (χ0v) is 32.4. The van der Waals surface area contributed by atoms with Gasteiger partial charge in [-0.1, -0.05) is 132 Å². The molecule has 0 heterocycles. The fourth-order valence-electron chi connectivity index (χ4n) is 4.76. The molecule has 0 fully saturated rings. The molecule has 3 atom stereocenters. The van der Waals surface area contributed by atoms with Crippen molar-refractivity contribution in [2.45, 2.75) is 154 Å². The maximum Gasteiger partial charge on any atom is 0.472 e. The standard InChI is InChI=1S/C40H69O10P/c1-3-5-7-9-11-13-15-17-18-20-22-24-26-28-30-32-40(44)50-38(36-49-51(45,46)48-34-37(42)33-41)35-47-39(43)31-29-27-25-23-21-19-16-14-12-10-8-6-4-2/h5,7,9,11,13,15,17-19,21,37-38,41-42H,3-4,6,8,10,12,14,16,20,22-36H2,1-2H3,(H,45,46)/b7-5+,11-9+,15-13+,18-17+,21-19+/t37-,38+/m0/s1. The van der Waals surface area contributed by atoms with Crippen LogP contribution in [-0.4, -0.2) is 65.7 Å². The lowest BCUT2D eigenvalue weighted by atomic mass is 10.1. The molecule has 0 saturated carbocycles. The third-order valence-electron chi connectivity index (χ3n) is 7.75. The molecule has 0 amide bonds. The summed E-state index contributed by atoms with van der Waals surface area (Å²) >= 11 is 0. The van der Waals surface area contributed by atoms with Gasteiger partial charge in [-0.05, 0) is 57.8 Å². The summed E-state index contributed by atoms with van der Waals surface area (Å²) in [7, 11) is -4.62. The number of esters is 2. The van der Waals surface area contributed by atoms with Crippen LogP contribution in [0.3, 0.4) is 0 Å². The Bertz CT molecular complexity index is 1040. The molecule has 51 heavy (non-hydrogen) atoms. The third-order valence-corrected chi connectivity index (χ3v) is 8.70. The van der Waals surface area contributed by atoms with E-state index in [1.165, 1.54) is 38.5 Å². The van der Waals surface area contributed by atoms with Gasteiger partial charge < -0.3 is 24.6 Å². The molecule has 11 heteroatoms. The van der Waals surface area contributed by atoms with E-state index in [1.54, 1.807) is 0 Å². The van der Waals surface area contributed by atoms with E-state index in [0.717, 1.165) is 64.2 Å². The van der Waals surface area contributed by atoms with Gasteiger partial charge in [0.1, 0.15) is 12.7 Å². The minimum Gasteiger partial charge on any atom is -0.462 e. The average molecular weight is 741 g/mol. The van der Waals surface area contributed by atoms with Gasteiger partial charge in [0.2, 0.25) is 0 Å². The Morgan fingerprint density at radius 1 is 0.608 bits per heavy atom. The third kappa shape index (κ3) is 35.8. The van der Waals surface area contributed by atoms with Crippen LogP contribution in [0.4, 0.5) is 0 Å². The van der Waals surface area contributed by atoms with Crippen molar-refractivity contribution in [3.8, 4) is 0 Å². The zero-order valence-electron chi connectivity index (χ0n) is 31.5. The molecule has 0 aromatic heterocycles. The zero-order chi connectivity index (χ0) is 37.7. The molecule has 0 rings (SSSR count). The summed E-state index contributed by atoms with van der Waals surface area (Å²) in [5.74, 6) is -0.978. The smallest absolute Gasteiger partial charge is 0.462 e. The molecule has 0 aliphatic heterocycles. The SMILES string of the molecule is CC/C=C/C=C/C=C/C=C/CCCCCCCC(=O)O[C@H](COC(=O)CCCCC/C=C/CCCCCCCC)COP(=O)(O)OC[C@@H](O)CO. The summed E-state index contributed by atoms with van der Waals surface area (Å²) in [6.07, 6.45) is 37.6. The molecule has 294 valence electrons. The molecular weight excluding hydrogens is 671 g/mol. The maximum atomic E-state index is 12.5. The van der Waals surface area contributed by atoms with Crippen molar-refractivity contribution >= 4 is 19.8 Å². The van der Waals surface area contributed by atoms with E-state index in [1.807, 2.05) is 36.5 Å². The molecule has 0 bridgehead atoms. The summed E-state index contributed by atoms with van der Waals surface area (Å²) in [6, 6.07) is 0. The number of phosphoric acid groups is 1. The highest BCUT2D eigenvalue weighted by Gasteiger charge is 2.27. The highest BCUT2D eigenvalue weighted by atomic mass is 31.2. The van der Waals surface area contributed by atoms with Crippen molar-refractivity contribution in [1.29, 1.82) is 0 Å². The van der Waals surface area contributed by atoms with Crippen LogP contribution in [0, 0.1) is 0 Å². The van der Waals surface area contributed by atoms with Gasteiger partial charge in [0, 0.05) is 12.8 Å². The molecular formula is C40H69O10P. The fraction of sp³-hybridized carbons (Fsp3) is 0.700. The van der Waals surface area contributed by atoms with Crippen LogP contribution in [0.2, 0.25) is 0 Å². The predicted molar refractivity (Wildman–Crippen MR) is 205 cm³/mol. The molecule has 3 N–H and O–H groups in total. The second kappa shape index (κ2) is 36.0. The first-order valence-corrected chi connectivity index (χ1v) is 20.8. The number of hydrogen-bond acceptors (Lipinski definition) is 9. The number of allylic oxidation sites excluding steroid dienone is 10. The van der Waals surface area contributed by atoms with Crippen LogP contribution >= 0.6 is 7.82 Å². The normalized spacial score (nSPS) is 14.7. The molecule has 0 radical (unpaired) electrons. The van der Waals surface area contributed by atoms with E-state index >= 15 is 0 Å². The van der Waals surface area contributed by atoms with Gasteiger partial charge >= 0.3 is 19.8 Å². The number of ether oxygens (including phenoxy) is 2. The largest absolute Gasteiger partial charge is 0.472 e. The van der Waals surface area contributed by atoms with Crippen LogP contribution < -0.4 is 0 Å². The van der Waals surface area contributed by atoms with Crippen molar-refractivity contribution in [2.75, 3.05) is 26.4 Å². The lowest BCUT2D eigenvalue weighted by Gasteiger charge is -2.20. The Balaban J connectivity index is 4.45. The van der Waals surface area contributed by atoms with Crippen LogP contribution in [0.5, 0.6) is 0 Å². The summed E-state index contributed by atoms with van der Waals surface area (Å²) in [5, 5.41) is 18.3. The number of carbonyl (C=O) groups excluding carboxylic acids is 2. The lowest BCUT2D eigenvalue weighted by molar-refractivity contribution is -0.161. The number of hydrogen-bond donors (Lipinski definition) is 3. The Hall–Kier alpha value is -2.33. The average Bonchev–Trinajstić information content (AvgIpc) is 3.12. The van der Waals surface area contributed by atoms with Gasteiger partial charge in [-0.3, -0.25) is 18.6 Å². The lowest BCUT2D eigenvalue weighted by Crippen LogP contribution is -2.29. The summed E-state index contributed by atoms with van der Waals surface area (Å²) < 4.78 is 32.5. The van der Waals surface area contributed by atoms with Gasteiger partial charge in [0.15, 0.2) is 6.10 Å². The van der Waals surface area contributed by atoms with Crippen molar-refractivity contribution in [3.63, 3.8) is 0 Å². The fourth-order valence-corrected chi connectivity index (χ4v) is 5.55. The van der Waals surface area contributed by atoms with E-state index in [0.29, 0.717) is 12.8 Å². The van der Waals surface area contributed by atoms with Crippen LogP contribution in [0.1, 0.15) is 142 Å². The van der Waals surface area contributed by atoms with Gasteiger partial charge in [-0.2, -0.15) is 0 Å². The number of rotatable bonds is 35. The van der Waals surface area contributed by atoms with Gasteiger partial charge in [-0.15, -0.1) is 0 Å². The minimum absolute atomic E-state index is 0.152. The summed E-state index contributed by atoms with van der Waals surface area (Å²) in [4.78, 5) is 34.8. The van der Waals surface area contributed by atoms with E-state index in [9.17, 15) is 24.2 Å². The highest BCUT2D eigenvalue weighted by Crippen LogP contribution is 2.43. The van der Waals surface area contributed by atoms with Gasteiger partial charge in [-0.25, -0.2) is 4.57 Å². The number of phosphoric ester groups is 1. The molecule has 0 aliphatic rings. The monoisotopic (exact) mass is 740 g/mol. The van der Waals surface area contributed by atoms with E-state index in [-0.39, 0.29) is 19.4 Å². The first kappa shape index (κ1) is 48.7. The van der Waals surface area contributed by atoms with Crippen molar-refractivity contribution in [3.05, 3.63) is 60.8 Å². The predicted octanol–water partition coefficient (Wildman–Crippen LogP) is 9.55. The van der Waals surface area contributed by atoms with E-state index in [2.05, 4.69) is 42.7 Å². The first-order valence-electron chi connectivity index (χ1n) is 19.3. The van der Waals surface area contributed by atoms with E-state index in [4.69, 9.17) is 19.1 Å². The van der Waals surface area contributed by atoms with Crippen molar-refractivity contribution < 1.29 is 47.8 Å². The second-order valence-electron chi connectivity index (χ2n) is 12.7. The Labute approximate surface area is 308 Å². The molecule has 0 aromatic rings. The maximum absolute atomic E-state index is 12.5. The Kier molecular flexibility index (Phi) is 34.4. The van der Waals surface area contributed by atoms with Gasteiger partial charge in [0.25, 0.3) is 0 Å². The molecule has 0 aliphatic carbocycles. The van der Waals surface area contributed by atoms with Crippen LogP contribution in [0.15, 0.2) is 60.8 Å². The van der Waals surface area contributed by atoms with Gasteiger partial charge in [0.05, 0.1) is 19.8 Å². The summed E-state index contributed by atoms with van der Waals surface area (Å²) in [5.41, 5.74) is 0. The van der Waals surface area contributed by atoms with Crippen molar-refractivity contribution in [2.24, 2.45) is 0 Å². The quantitative estimate of drug-likeness (QED) is 0.0189. The first-order chi connectivity index (χ1) is 24.7. The molecule has 0 saturated heterocycles. The number of unbranched alkanes of at least 4 members (excludes halogenated alkanes) is 14. The molecule has 0 aromatic carbocycles. The number of aliphatic hydroxyl groups excluding tert-OH is 2. The second-order valence-corrected chi connectivity index (χ2v) is 14.1. The van der Waals surface area contributed by atoms with Crippen LogP contribution in [-0.2, 0) is 32.7 Å². The van der Waals surface area contributed by atoms with Crippen molar-refractivity contribution in [1.82, 2.24) is 0 Å². The topological polar surface area (TPSA) is 149 Å². The molecule has 0 spiro atoms. The summed E-state index contributed by atoms with van der Waals surface area (Å²) in [6.45, 7) is 2.16. The van der Waals surface area contributed by atoms with E-state index < -0.39 is 51.8 Å². The highest BCUT2D eigenvalue weighted by molar-refractivity contribution is 7.47. The van der Waals surface area contributed by atoms with Crippen LogP contribution in [0.25, 0.3) is 0 Å². The number of aliphatic hydroxyl groups is 2. The molecule has 1 unspecified atom stereocenters. The number of carbonyl (C=O) groups is 2. The Morgan fingerprint density at radius 3 is 1.71 bits per heavy atom. The molecule has 10 nitrogen and oxygen atoms in total. The minimum atomic E-state index is -4.62.